The summed E-state index contributed by atoms with van der Waals surface area (Å²) in [5.74, 6) is 1.81. The normalized spacial score (nSPS) is 21.4. The van der Waals surface area contributed by atoms with Gasteiger partial charge in [-0.2, -0.15) is 0 Å². The van der Waals surface area contributed by atoms with Crippen LogP contribution in [0.15, 0.2) is 51.9 Å². The Morgan fingerprint density at radius 1 is 1.17 bits per heavy atom. The van der Waals surface area contributed by atoms with Crippen molar-refractivity contribution in [1.82, 2.24) is 16.2 Å². The SMILES string of the molecule is COc1ccc(CCNC(=O)CSC2=NC3NNC(C)C3C(=N)N2c2ccc(Br)cc2)cc1OC. The van der Waals surface area contributed by atoms with E-state index in [4.69, 9.17) is 19.9 Å². The van der Waals surface area contributed by atoms with Crippen molar-refractivity contribution in [3.05, 3.63) is 52.5 Å². The molecule has 3 atom stereocenters. The van der Waals surface area contributed by atoms with Crippen molar-refractivity contribution in [1.29, 1.82) is 5.41 Å². The molecule has 3 unspecified atom stereocenters. The molecule has 2 aromatic carbocycles. The minimum Gasteiger partial charge on any atom is -0.493 e. The standard InChI is InChI=1S/C24H29BrN6O3S/c1-14-21-22(26)31(17-7-5-16(25)6-8-17)24(28-23(21)30-29-14)35-13-20(32)27-11-10-15-4-9-18(33-2)19(12-15)34-3/h4-9,12,14,21,23,26,29-30H,10-11,13H2,1-3H3,(H,27,32). The second-order valence-corrected chi connectivity index (χ2v) is 10.1. The van der Waals surface area contributed by atoms with Gasteiger partial charge in [-0.15, -0.1) is 0 Å². The minimum atomic E-state index is -0.236. The predicted octanol–water partition coefficient (Wildman–Crippen LogP) is 3.15. The maximum Gasteiger partial charge on any atom is 0.230 e. The molecule has 35 heavy (non-hydrogen) atoms. The summed E-state index contributed by atoms with van der Waals surface area (Å²) in [7, 11) is 3.21. The first kappa shape index (κ1) is 25.5. The van der Waals surface area contributed by atoms with Crippen molar-refractivity contribution in [3.63, 3.8) is 0 Å². The second-order valence-electron chi connectivity index (χ2n) is 8.23. The molecule has 0 aliphatic carbocycles. The lowest BCUT2D eigenvalue weighted by atomic mass is 9.97. The number of thioether (sulfide) groups is 1. The Kier molecular flexibility index (Phi) is 8.32. The van der Waals surface area contributed by atoms with E-state index in [0.717, 1.165) is 15.7 Å². The van der Waals surface area contributed by atoms with E-state index in [1.54, 1.807) is 14.2 Å². The van der Waals surface area contributed by atoms with E-state index in [2.05, 4.69) is 32.1 Å². The average molecular weight is 562 g/mol. The summed E-state index contributed by atoms with van der Waals surface area (Å²) in [5.41, 5.74) is 8.23. The lowest BCUT2D eigenvalue weighted by molar-refractivity contribution is -0.118. The lowest BCUT2D eigenvalue weighted by Gasteiger charge is -2.35. The van der Waals surface area contributed by atoms with Crippen LogP contribution < -0.4 is 30.5 Å². The number of hydrazine groups is 1. The summed E-state index contributed by atoms with van der Waals surface area (Å²) in [5, 5.41) is 12.5. The van der Waals surface area contributed by atoms with E-state index in [-0.39, 0.29) is 29.8 Å². The molecule has 4 N–H and O–H groups in total. The number of hydrogen-bond donors (Lipinski definition) is 4. The van der Waals surface area contributed by atoms with E-state index in [1.807, 2.05) is 54.3 Å². The van der Waals surface area contributed by atoms with Gasteiger partial charge in [0.25, 0.3) is 0 Å². The van der Waals surface area contributed by atoms with Gasteiger partial charge in [-0.05, 0) is 55.3 Å². The molecular formula is C24H29BrN6O3S. The molecular weight excluding hydrogens is 532 g/mol. The van der Waals surface area contributed by atoms with Crippen molar-refractivity contribution < 1.29 is 14.3 Å². The van der Waals surface area contributed by atoms with E-state index < -0.39 is 0 Å². The zero-order chi connectivity index (χ0) is 24.9. The third kappa shape index (κ3) is 5.80. The zero-order valence-corrected chi connectivity index (χ0v) is 22.2. The van der Waals surface area contributed by atoms with Crippen LogP contribution in [0.5, 0.6) is 11.5 Å². The Hall–Kier alpha value is -2.60. The van der Waals surface area contributed by atoms with Gasteiger partial charge < -0.3 is 14.8 Å². The number of carbonyl (C=O) groups is 1. The van der Waals surface area contributed by atoms with Crippen molar-refractivity contribution in [2.45, 2.75) is 25.6 Å². The molecule has 0 bridgehead atoms. The summed E-state index contributed by atoms with van der Waals surface area (Å²) in [4.78, 5) is 19.3. The van der Waals surface area contributed by atoms with Crippen LogP contribution in [0.2, 0.25) is 0 Å². The second kappa shape index (κ2) is 11.4. The number of benzene rings is 2. The number of anilines is 1. The van der Waals surface area contributed by atoms with Crippen LogP contribution in [0.25, 0.3) is 0 Å². The molecule has 0 radical (unpaired) electrons. The molecule has 2 aromatic rings. The number of fused-ring (bicyclic) bond motifs is 1. The van der Waals surface area contributed by atoms with Gasteiger partial charge >= 0.3 is 0 Å². The first-order valence-electron chi connectivity index (χ1n) is 11.2. The Morgan fingerprint density at radius 3 is 2.63 bits per heavy atom. The molecule has 0 aromatic heterocycles. The fraction of sp³-hybridized carbons (Fsp3) is 0.375. The molecule has 1 saturated heterocycles. The summed E-state index contributed by atoms with van der Waals surface area (Å²) < 4.78 is 11.6. The molecule has 1 amide bonds. The number of aliphatic imine (C=N–C) groups is 1. The highest BCUT2D eigenvalue weighted by Gasteiger charge is 2.43. The number of hydrogen-bond acceptors (Lipinski definition) is 8. The summed E-state index contributed by atoms with van der Waals surface area (Å²) in [6.07, 6.45) is 0.435. The Balaban J connectivity index is 1.38. The molecule has 11 heteroatoms. The van der Waals surface area contributed by atoms with Gasteiger partial charge in [0.05, 0.1) is 25.9 Å². The Labute approximate surface area is 217 Å². The Bertz CT molecular complexity index is 1110. The predicted molar refractivity (Wildman–Crippen MR) is 144 cm³/mol. The molecule has 2 aliphatic heterocycles. The minimum absolute atomic E-state index is 0.0700. The summed E-state index contributed by atoms with van der Waals surface area (Å²) >= 11 is 4.80. The highest BCUT2D eigenvalue weighted by atomic mass is 79.9. The highest BCUT2D eigenvalue weighted by Crippen LogP contribution is 2.32. The quantitative estimate of drug-likeness (QED) is 0.392. The molecule has 0 saturated carbocycles. The number of nitrogens with zero attached hydrogens (tertiary/aromatic N) is 2. The van der Waals surface area contributed by atoms with Crippen molar-refractivity contribution in [2.24, 2.45) is 10.9 Å². The maximum absolute atomic E-state index is 12.6. The number of amidine groups is 2. The molecule has 2 heterocycles. The van der Waals surface area contributed by atoms with Crippen LogP contribution in [-0.4, -0.2) is 55.6 Å². The van der Waals surface area contributed by atoms with Gasteiger partial charge in [0.15, 0.2) is 16.7 Å². The molecule has 0 spiro atoms. The number of halogens is 1. The fourth-order valence-corrected chi connectivity index (χ4v) is 5.25. The number of carbonyl (C=O) groups excluding carboxylic acids is 1. The number of rotatable bonds is 8. The van der Waals surface area contributed by atoms with E-state index >= 15 is 0 Å². The van der Waals surface area contributed by atoms with Crippen molar-refractivity contribution >= 4 is 50.3 Å². The molecule has 1 fully saturated rings. The zero-order valence-electron chi connectivity index (χ0n) is 19.8. The smallest absolute Gasteiger partial charge is 0.230 e. The first-order valence-corrected chi connectivity index (χ1v) is 13.0. The first-order chi connectivity index (χ1) is 16.9. The van der Waals surface area contributed by atoms with Gasteiger partial charge in [-0.3, -0.25) is 20.5 Å². The van der Waals surface area contributed by atoms with Crippen LogP contribution in [0.1, 0.15) is 12.5 Å². The van der Waals surface area contributed by atoms with Gasteiger partial charge in [-0.25, -0.2) is 10.4 Å². The molecule has 9 nitrogen and oxygen atoms in total. The van der Waals surface area contributed by atoms with Crippen molar-refractivity contribution in [2.75, 3.05) is 31.4 Å². The number of methoxy groups -OCH3 is 2. The largest absolute Gasteiger partial charge is 0.493 e. The fourth-order valence-electron chi connectivity index (χ4n) is 4.10. The highest BCUT2D eigenvalue weighted by molar-refractivity contribution is 9.10. The molecule has 186 valence electrons. The van der Waals surface area contributed by atoms with E-state index in [0.29, 0.717) is 35.5 Å². The van der Waals surface area contributed by atoms with Crippen LogP contribution in [0.3, 0.4) is 0 Å². The number of ether oxygens (including phenoxy) is 2. The third-order valence-corrected chi connectivity index (χ3v) is 7.42. The third-order valence-electron chi connectivity index (χ3n) is 5.94. The van der Waals surface area contributed by atoms with Gasteiger partial charge in [-0.1, -0.05) is 33.8 Å². The van der Waals surface area contributed by atoms with Gasteiger partial charge in [0.1, 0.15) is 12.0 Å². The topological polar surface area (TPSA) is 111 Å². The summed E-state index contributed by atoms with van der Waals surface area (Å²) in [6, 6.07) is 13.6. The lowest BCUT2D eigenvalue weighted by Crippen LogP contribution is -2.50. The number of amides is 1. The molecule has 2 aliphatic rings. The van der Waals surface area contributed by atoms with Crippen LogP contribution in [0.4, 0.5) is 5.69 Å². The number of nitrogens with one attached hydrogen (secondary N) is 4. The summed E-state index contributed by atoms with van der Waals surface area (Å²) in [6.45, 7) is 2.53. The van der Waals surface area contributed by atoms with E-state index in [1.165, 1.54) is 11.8 Å². The van der Waals surface area contributed by atoms with E-state index in [9.17, 15) is 4.79 Å². The van der Waals surface area contributed by atoms with Crippen LogP contribution in [0, 0.1) is 11.3 Å². The van der Waals surface area contributed by atoms with Gasteiger partial charge in [0, 0.05) is 22.7 Å². The van der Waals surface area contributed by atoms with Crippen molar-refractivity contribution in [3.8, 4) is 11.5 Å². The average Bonchev–Trinajstić information content (AvgIpc) is 3.24. The van der Waals surface area contributed by atoms with Gasteiger partial charge in [0.2, 0.25) is 5.91 Å². The Morgan fingerprint density at radius 2 is 1.91 bits per heavy atom. The monoisotopic (exact) mass is 560 g/mol. The maximum atomic E-state index is 12.6. The van der Waals surface area contributed by atoms with Crippen LogP contribution >= 0.6 is 27.7 Å². The van der Waals surface area contributed by atoms with Crippen LogP contribution in [-0.2, 0) is 11.2 Å². The molecule has 4 rings (SSSR count).